The summed E-state index contributed by atoms with van der Waals surface area (Å²) >= 11 is 9.12. The molecule has 5 nitrogen and oxygen atoms in total. The van der Waals surface area contributed by atoms with Crippen molar-refractivity contribution in [3.63, 3.8) is 0 Å². The van der Waals surface area contributed by atoms with Crippen LogP contribution in [0.15, 0.2) is 41.0 Å². The average molecular weight is 524 g/mol. The highest BCUT2D eigenvalue weighted by molar-refractivity contribution is 9.10. The fourth-order valence-corrected chi connectivity index (χ4v) is 3.02. The summed E-state index contributed by atoms with van der Waals surface area (Å²) in [6.45, 7) is 4.34. The van der Waals surface area contributed by atoms with E-state index in [9.17, 15) is 18.0 Å². The lowest BCUT2D eigenvalue weighted by molar-refractivity contribution is -0.137. The van der Waals surface area contributed by atoms with Crippen molar-refractivity contribution in [1.29, 1.82) is 0 Å². The minimum atomic E-state index is -4.40. The van der Waals surface area contributed by atoms with Crippen molar-refractivity contribution < 1.29 is 27.4 Å². The number of alkyl carbamates (subject to hydrolysis) is 1. The highest BCUT2D eigenvalue weighted by Crippen LogP contribution is 2.29. The van der Waals surface area contributed by atoms with Crippen LogP contribution in [0.25, 0.3) is 0 Å². The molecule has 170 valence electrons. The van der Waals surface area contributed by atoms with Crippen LogP contribution in [0.1, 0.15) is 31.4 Å². The van der Waals surface area contributed by atoms with Crippen molar-refractivity contribution in [3.8, 4) is 5.75 Å². The number of rotatable bonds is 9. The number of halogens is 5. The van der Waals surface area contributed by atoms with Gasteiger partial charge in [0.2, 0.25) is 0 Å². The van der Waals surface area contributed by atoms with Gasteiger partial charge in [-0.25, -0.2) is 9.78 Å². The van der Waals surface area contributed by atoms with E-state index in [0.29, 0.717) is 33.8 Å². The van der Waals surface area contributed by atoms with Gasteiger partial charge in [-0.3, -0.25) is 0 Å². The van der Waals surface area contributed by atoms with E-state index < -0.39 is 23.9 Å². The molecular formula is C21H23BrClF3N2O3. The number of hydrogen-bond donors (Lipinski definition) is 1. The molecular weight excluding hydrogens is 501 g/mol. The maximum Gasteiger partial charge on any atom is 0.416 e. The molecule has 0 aliphatic heterocycles. The first kappa shape index (κ1) is 25.3. The molecule has 0 spiro atoms. The zero-order chi connectivity index (χ0) is 23.0. The van der Waals surface area contributed by atoms with Gasteiger partial charge in [-0.15, -0.1) is 0 Å². The van der Waals surface area contributed by atoms with E-state index in [0.717, 1.165) is 12.1 Å². The van der Waals surface area contributed by atoms with Crippen LogP contribution in [0.5, 0.6) is 5.75 Å². The average Bonchev–Trinajstić information content (AvgIpc) is 2.69. The molecule has 1 N–H and O–H groups in total. The quantitative estimate of drug-likeness (QED) is 0.393. The van der Waals surface area contributed by atoms with Crippen LogP contribution in [-0.2, 0) is 17.3 Å². The number of amides is 1. The van der Waals surface area contributed by atoms with E-state index in [4.69, 9.17) is 21.1 Å². The molecule has 31 heavy (non-hydrogen) atoms. The fraction of sp³-hybridized carbons (Fsp3) is 0.429. The molecule has 1 aromatic carbocycles. The van der Waals surface area contributed by atoms with Crippen molar-refractivity contribution in [1.82, 2.24) is 10.3 Å². The third-order valence-corrected chi connectivity index (χ3v) is 5.27. The van der Waals surface area contributed by atoms with E-state index in [1.54, 1.807) is 6.07 Å². The number of carbonyl (C=O) groups excluding carboxylic acids is 1. The monoisotopic (exact) mass is 522 g/mol. The standard InChI is InChI=1S/C21H23BrClF3N2O3/c1-13(2)12-31-20(29)28-16(7-8-30-17-10-18(22)19(23)27-11-17)9-14-3-5-15(6-4-14)21(24,25)26/h3-6,10-11,13,16H,7-9,12H2,1-2H3,(H,28,29)/t16-/m1/s1. The SMILES string of the molecule is CC(C)COC(=O)N[C@H](CCOc1cnc(Cl)c(Br)c1)Cc1ccc(C(F)(F)F)cc1. The second-order valence-electron chi connectivity index (χ2n) is 7.31. The normalized spacial score (nSPS) is 12.5. The number of benzene rings is 1. The molecule has 0 saturated carbocycles. The number of ether oxygens (including phenoxy) is 2. The summed E-state index contributed by atoms with van der Waals surface area (Å²) in [5, 5.41) is 3.07. The number of pyridine rings is 1. The summed E-state index contributed by atoms with van der Waals surface area (Å²) in [6, 6.07) is 6.12. The first-order valence-electron chi connectivity index (χ1n) is 9.58. The van der Waals surface area contributed by atoms with E-state index in [1.807, 2.05) is 13.8 Å². The molecule has 0 radical (unpaired) electrons. The lowest BCUT2D eigenvalue weighted by Gasteiger charge is -2.20. The Bertz CT molecular complexity index is 864. The molecule has 10 heteroatoms. The van der Waals surface area contributed by atoms with Gasteiger partial charge in [0, 0.05) is 12.5 Å². The maximum atomic E-state index is 12.8. The molecule has 2 rings (SSSR count). The van der Waals surface area contributed by atoms with Gasteiger partial charge in [-0.2, -0.15) is 13.2 Å². The highest BCUT2D eigenvalue weighted by Gasteiger charge is 2.30. The number of nitrogens with one attached hydrogen (secondary N) is 1. The van der Waals surface area contributed by atoms with Crippen molar-refractivity contribution in [3.05, 3.63) is 57.3 Å². The zero-order valence-electron chi connectivity index (χ0n) is 17.0. The molecule has 0 unspecified atom stereocenters. The summed E-state index contributed by atoms with van der Waals surface area (Å²) < 4.78 is 49.7. The second kappa shape index (κ2) is 11.6. The minimum Gasteiger partial charge on any atom is -0.492 e. The molecule has 0 saturated heterocycles. The smallest absolute Gasteiger partial charge is 0.416 e. The molecule has 1 amide bonds. The van der Waals surface area contributed by atoms with E-state index in [1.165, 1.54) is 18.3 Å². The van der Waals surface area contributed by atoms with Gasteiger partial charge in [-0.1, -0.05) is 37.6 Å². The summed E-state index contributed by atoms with van der Waals surface area (Å²) in [5.41, 5.74) is -0.0701. The van der Waals surface area contributed by atoms with Crippen molar-refractivity contribution in [2.45, 2.75) is 38.9 Å². The highest BCUT2D eigenvalue weighted by atomic mass is 79.9. The molecule has 0 aliphatic carbocycles. The van der Waals surface area contributed by atoms with E-state index >= 15 is 0 Å². The van der Waals surface area contributed by atoms with Gasteiger partial charge in [-0.05, 0) is 52.0 Å². The molecule has 1 atom stereocenters. The Balaban J connectivity index is 2.01. The lowest BCUT2D eigenvalue weighted by atomic mass is 10.0. The second-order valence-corrected chi connectivity index (χ2v) is 8.53. The number of alkyl halides is 3. The molecule has 0 bridgehead atoms. The van der Waals surface area contributed by atoms with Crippen molar-refractivity contribution in [2.24, 2.45) is 5.92 Å². The Kier molecular flexibility index (Phi) is 9.43. The molecule has 2 aromatic rings. The van der Waals surface area contributed by atoms with Crippen LogP contribution >= 0.6 is 27.5 Å². The fourth-order valence-electron chi connectivity index (χ4n) is 2.59. The molecule has 0 aliphatic rings. The van der Waals surface area contributed by atoms with Crippen LogP contribution in [0.3, 0.4) is 0 Å². The van der Waals surface area contributed by atoms with Crippen LogP contribution in [0, 0.1) is 5.92 Å². The van der Waals surface area contributed by atoms with Gasteiger partial charge in [0.05, 0.1) is 29.4 Å². The molecule has 0 fully saturated rings. The summed E-state index contributed by atoms with van der Waals surface area (Å²) in [5.74, 6) is 0.672. The molecule has 1 aromatic heterocycles. The Labute approximate surface area is 192 Å². The van der Waals surface area contributed by atoms with Gasteiger partial charge >= 0.3 is 12.3 Å². The molecule has 1 heterocycles. The van der Waals surface area contributed by atoms with Crippen LogP contribution < -0.4 is 10.1 Å². The van der Waals surface area contributed by atoms with Crippen LogP contribution in [0.2, 0.25) is 5.15 Å². The predicted octanol–water partition coefficient (Wildman–Crippen LogP) is 6.28. The Hall–Kier alpha value is -2.00. The predicted molar refractivity (Wildman–Crippen MR) is 115 cm³/mol. The summed E-state index contributed by atoms with van der Waals surface area (Å²) in [7, 11) is 0. The first-order valence-corrected chi connectivity index (χ1v) is 10.7. The van der Waals surface area contributed by atoms with Gasteiger partial charge in [0.1, 0.15) is 10.9 Å². The third-order valence-electron chi connectivity index (χ3n) is 4.14. The number of hydrogen-bond acceptors (Lipinski definition) is 4. The third kappa shape index (κ3) is 8.95. The first-order chi connectivity index (χ1) is 14.5. The topological polar surface area (TPSA) is 60.5 Å². The van der Waals surface area contributed by atoms with Crippen molar-refractivity contribution in [2.75, 3.05) is 13.2 Å². The zero-order valence-corrected chi connectivity index (χ0v) is 19.4. The largest absolute Gasteiger partial charge is 0.492 e. The number of carbonyl (C=O) groups is 1. The van der Waals surface area contributed by atoms with Crippen LogP contribution in [0.4, 0.5) is 18.0 Å². The Morgan fingerprint density at radius 3 is 2.52 bits per heavy atom. The van der Waals surface area contributed by atoms with Gasteiger partial charge < -0.3 is 14.8 Å². The van der Waals surface area contributed by atoms with E-state index in [-0.39, 0.29) is 19.1 Å². The van der Waals surface area contributed by atoms with Crippen LogP contribution in [-0.4, -0.2) is 30.3 Å². The van der Waals surface area contributed by atoms with Crippen molar-refractivity contribution >= 4 is 33.6 Å². The van der Waals surface area contributed by atoms with Gasteiger partial charge in [0.25, 0.3) is 0 Å². The number of nitrogens with zero attached hydrogens (tertiary/aromatic N) is 1. The Morgan fingerprint density at radius 2 is 1.94 bits per heavy atom. The van der Waals surface area contributed by atoms with Gasteiger partial charge in [0.15, 0.2) is 0 Å². The maximum absolute atomic E-state index is 12.8. The Morgan fingerprint density at radius 1 is 1.26 bits per heavy atom. The summed E-state index contributed by atoms with van der Waals surface area (Å²) in [6.07, 6.45) is -2.78. The summed E-state index contributed by atoms with van der Waals surface area (Å²) in [4.78, 5) is 16.1. The minimum absolute atomic E-state index is 0.179. The van der Waals surface area contributed by atoms with E-state index in [2.05, 4.69) is 26.2 Å². The number of aromatic nitrogens is 1. The lowest BCUT2D eigenvalue weighted by Crippen LogP contribution is -2.38.